The predicted octanol–water partition coefficient (Wildman–Crippen LogP) is 8.04. The van der Waals surface area contributed by atoms with Crippen molar-refractivity contribution in [2.24, 2.45) is 0 Å². The number of unbranched alkanes of at least 4 members (excludes halogenated alkanes) is 9. The average molecular weight is 642 g/mol. The van der Waals surface area contributed by atoms with Gasteiger partial charge in [-0.1, -0.05) is 107 Å². The minimum atomic E-state index is -4.41. The maximum Gasteiger partial charge on any atom is 0.472 e. The van der Waals surface area contributed by atoms with Gasteiger partial charge in [0, 0.05) is 19.4 Å². The summed E-state index contributed by atoms with van der Waals surface area (Å²) in [5, 5.41) is 12.5. The highest BCUT2D eigenvalue weighted by atomic mass is 31.2. The molecule has 2 atom stereocenters. The molecule has 0 saturated heterocycles. The number of aliphatic hydroxyl groups is 1. The van der Waals surface area contributed by atoms with Gasteiger partial charge in [-0.15, -0.1) is 0 Å². The molecule has 0 aliphatic carbocycles. The average Bonchev–Trinajstić information content (AvgIpc) is 3.00. The summed E-state index contributed by atoms with van der Waals surface area (Å²) in [4.78, 5) is 33.4. The first kappa shape index (κ1) is 42.0. The minimum absolute atomic E-state index is 0.0732. The monoisotopic (exact) mass is 641 g/mol. The van der Waals surface area contributed by atoms with Crippen LogP contribution in [0.15, 0.2) is 48.6 Å². The molecule has 0 heterocycles. The van der Waals surface area contributed by atoms with Crippen molar-refractivity contribution in [1.29, 1.82) is 0 Å². The van der Waals surface area contributed by atoms with Crippen molar-refractivity contribution in [2.45, 2.75) is 129 Å². The van der Waals surface area contributed by atoms with E-state index in [0.29, 0.717) is 12.8 Å². The molecular weight excluding hydrogens is 581 g/mol. The third-order valence-corrected chi connectivity index (χ3v) is 7.50. The molecule has 254 valence electrons. The lowest BCUT2D eigenvalue weighted by molar-refractivity contribution is -0.147. The summed E-state index contributed by atoms with van der Waals surface area (Å²) in [6.45, 7) is 3.36. The van der Waals surface area contributed by atoms with Crippen LogP contribution in [0.2, 0.25) is 0 Å². The Hall–Kier alpha value is -2.03. The van der Waals surface area contributed by atoms with Crippen LogP contribution < -0.4 is 5.32 Å². The van der Waals surface area contributed by atoms with Gasteiger partial charge in [0.25, 0.3) is 0 Å². The Labute approximate surface area is 266 Å². The first-order valence-electron chi connectivity index (χ1n) is 16.6. The van der Waals surface area contributed by atoms with Gasteiger partial charge in [-0.05, 0) is 51.4 Å². The molecule has 0 saturated carbocycles. The highest BCUT2D eigenvalue weighted by Crippen LogP contribution is 2.42. The van der Waals surface area contributed by atoms with E-state index in [1.807, 2.05) is 6.08 Å². The van der Waals surface area contributed by atoms with Crippen LogP contribution in [0.3, 0.4) is 0 Å². The number of phosphoric ester groups is 1. The van der Waals surface area contributed by atoms with Crippen LogP contribution in [0, 0.1) is 0 Å². The van der Waals surface area contributed by atoms with E-state index in [-0.39, 0.29) is 32.1 Å². The summed E-state index contributed by atoms with van der Waals surface area (Å²) in [5.74, 6) is -0.589. The number of carbonyl (C=O) groups is 2. The standard InChI is InChI=1S/C34H60NO8P/c1-3-5-7-9-11-12-13-14-15-16-17-18-19-20-21-23-25-27-34(38)41-30-32(36)31-43-44(39,40)42-29-28-35-33(37)26-24-22-10-8-6-4-2/h11-12,14-15,17-18,20-21,32,36H,3-10,13,16,19,22-31H2,1-2H3,(H,35,37)(H,39,40)/b12-11-,15-14-,18-17-,21-20-. The lowest BCUT2D eigenvalue weighted by atomic mass is 10.1. The van der Waals surface area contributed by atoms with Crippen molar-refractivity contribution < 1.29 is 37.9 Å². The van der Waals surface area contributed by atoms with Crippen molar-refractivity contribution >= 4 is 19.7 Å². The van der Waals surface area contributed by atoms with E-state index in [9.17, 15) is 24.2 Å². The topological polar surface area (TPSA) is 131 Å². The van der Waals surface area contributed by atoms with Crippen molar-refractivity contribution in [3.05, 3.63) is 48.6 Å². The Morgan fingerprint density at radius 3 is 1.89 bits per heavy atom. The number of rotatable bonds is 30. The number of carbonyl (C=O) groups excluding carboxylic acids is 2. The molecule has 0 aliphatic heterocycles. The highest BCUT2D eigenvalue weighted by Gasteiger charge is 2.23. The second-order valence-electron chi connectivity index (χ2n) is 10.8. The van der Waals surface area contributed by atoms with Gasteiger partial charge in [0.05, 0.1) is 13.2 Å². The molecule has 44 heavy (non-hydrogen) atoms. The van der Waals surface area contributed by atoms with Crippen LogP contribution in [0.1, 0.15) is 123 Å². The van der Waals surface area contributed by atoms with Crippen LogP contribution in [0.25, 0.3) is 0 Å². The Morgan fingerprint density at radius 1 is 0.705 bits per heavy atom. The van der Waals surface area contributed by atoms with E-state index in [4.69, 9.17) is 13.8 Å². The van der Waals surface area contributed by atoms with Gasteiger partial charge in [0.2, 0.25) is 5.91 Å². The molecule has 10 heteroatoms. The smallest absolute Gasteiger partial charge is 0.463 e. The van der Waals surface area contributed by atoms with Crippen molar-refractivity contribution in [1.82, 2.24) is 5.32 Å². The van der Waals surface area contributed by atoms with Gasteiger partial charge in [0.1, 0.15) is 12.7 Å². The fraction of sp³-hybridized carbons (Fsp3) is 0.706. The van der Waals surface area contributed by atoms with Crippen LogP contribution in [-0.2, 0) is 27.9 Å². The lowest BCUT2D eigenvalue weighted by Crippen LogP contribution is -2.27. The van der Waals surface area contributed by atoms with Crippen molar-refractivity contribution in [2.75, 3.05) is 26.4 Å². The highest BCUT2D eigenvalue weighted by molar-refractivity contribution is 7.47. The maximum atomic E-state index is 11.9. The number of hydrogen-bond donors (Lipinski definition) is 3. The SMILES string of the molecule is CCCCC/C=C\C/C=C\C/C=C\C/C=C\CCCC(=O)OCC(O)COP(=O)(O)OCCNC(=O)CCCCCCCC. The van der Waals surface area contributed by atoms with Gasteiger partial charge in [-0.2, -0.15) is 0 Å². The van der Waals surface area contributed by atoms with Gasteiger partial charge in [-0.3, -0.25) is 18.6 Å². The number of esters is 1. The molecule has 0 spiro atoms. The summed E-state index contributed by atoms with van der Waals surface area (Å²) >= 11 is 0. The predicted molar refractivity (Wildman–Crippen MR) is 178 cm³/mol. The van der Waals surface area contributed by atoms with E-state index in [1.54, 1.807) is 0 Å². The lowest BCUT2D eigenvalue weighted by Gasteiger charge is -2.15. The van der Waals surface area contributed by atoms with Crippen molar-refractivity contribution in [3.63, 3.8) is 0 Å². The number of ether oxygens (including phenoxy) is 1. The number of aliphatic hydroxyl groups excluding tert-OH is 1. The van der Waals surface area contributed by atoms with Gasteiger partial charge < -0.3 is 20.1 Å². The molecule has 0 aromatic heterocycles. The third-order valence-electron chi connectivity index (χ3n) is 6.51. The van der Waals surface area contributed by atoms with Crippen molar-refractivity contribution in [3.8, 4) is 0 Å². The van der Waals surface area contributed by atoms with Gasteiger partial charge >= 0.3 is 13.8 Å². The second-order valence-corrected chi connectivity index (χ2v) is 12.2. The summed E-state index contributed by atoms with van der Waals surface area (Å²) in [6.07, 6.45) is 32.2. The van der Waals surface area contributed by atoms with Crippen LogP contribution in [0.4, 0.5) is 0 Å². The summed E-state index contributed by atoms with van der Waals surface area (Å²) in [5.41, 5.74) is 0. The molecule has 0 aromatic carbocycles. The van der Waals surface area contributed by atoms with E-state index in [2.05, 4.69) is 61.7 Å². The first-order valence-corrected chi connectivity index (χ1v) is 18.1. The molecule has 0 aromatic rings. The maximum absolute atomic E-state index is 11.9. The summed E-state index contributed by atoms with van der Waals surface area (Å²) in [7, 11) is -4.41. The Balaban J connectivity index is 3.77. The number of allylic oxidation sites excluding steroid dienone is 8. The van der Waals surface area contributed by atoms with Crippen LogP contribution in [0.5, 0.6) is 0 Å². The zero-order valence-corrected chi connectivity index (χ0v) is 28.2. The quantitative estimate of drug-likeness (QED) is 0.0311. The zero-order valence-electron chi connectivity index (χ0n) is 27.3. The number of hydrogen-bond acceptors (Lipinski definition) is 7. The molecule has 3 N–H and O–H groups in total. The third kappa shape index (κ3) is 31.4. The van der Waals surface area contributed by atoms with E-state index < -0.39 is 26.5 Å². The van der Waals surface area contributed by atoms with E-state index >= 15 is 0 Å². The van der Waals surface area contributed by atoms with Crippen LogP contribution >= 0.6 is 7.82 Å². The molecule has 0 fully saturated rings. The van der Waals surface area contributed by atoms with Crippen LogP contribution in [-0.4, -0.2) is 54.3 Å². The molecule has 0 bridgehead atoms. The van der Waals surface area contributed by atoms with Gasteiger partial charge in [0.15, 0.2) is 0 Å². The molecular formula is C34H60NO8P. The minimum Gasteiger partial charge on any atom is -0.463 e. The molecule has 0 radical (unpaired) electrons. The Kier molecular flexibility index (Phi) is 29.5. The summed E-state index contributed by atoms with van der Waals surface area (Å²) in [6, 6.07) is 0. The zero-order chi connectivity index (χ0) is 32.6. The molecule has 2 unspecified atom stereocenters. The number of nitrogens with one attached hydrogen (secondary N) is 1. The van der Waals surface area contributed by atoms with E-state index in [1.165, 1.54) is 44.9 Å². The number of amides is 1. The molecule has 9 nitrogen and oxygen atoms in total. The number of phosphoric acid groups is 1. The normalized spacial score (nSPS) is 14.2. The Morgan fingerprint density at radius 2 is 1.25 bits per heavy atom. The Bertz CT molecular complexity index is 871. The summed E-state index contributed by atoms with van der Waals surface area (Å²) < 4.78 is 26.5. The molecule has 0 rings (SSSR count). The molecule has 0 aliphatic rings. The fourth-order valence-electron chi connectivity index (χ4n) is 3.96. The second kappa shape index (κ2) is 31.0. The fourth-order valence-corrected chi connectivity index (χ4v) is 4.71. The largest absolute Gasteiger partial charge is 0.472 e. The van der Waals surface area contributed by atoms with Gasteiger partial charge in [-0.25, -0.2) is 4.57 Å². The molecule has 1 amide bonds. The van der Waals surface area contributed by atoms with E-state index in [0.717, 1.165) is 44.9 Å². The first-order chi connectivity index (χ1) is 21.3.